The third-order valence-corrected chi connectivity index (χ3v) is 4.48. The van der Waals surface area contributed by atoms with Crippen molar-refractivity contribution in [3.8, 4) is 5.75 Å². The molecular formula is C25H34O. The molecular weight excluding hydrogens is 316 g/mol. The summed E-state index contributed by atoms with van der Waals surface area (Å²) in [4.78, 5) is 0. The van der Waals surface area contributed by atoms with Crippen LogP contribution >= 0.6 is 0 Å². The molecule has 0 bridgehead atoms. The van der Waals surface area contributed by atoms with E-state index in [9.17, 15) is 5.11 Å². The lowest BCUT2D eigenvalue weighted by atomic mass is 10.0. The first kappa shape index (κ1) is 21.8. The molecule has 0 unspecified atom stereocenters. The Labute approximate surface area is 160 Å². The molecule has 140 valence electrons. The van der Waals surface area contributed by atoms with Gasteiger partial charge in [0, 0.05) is 0 Å². The van der Waals surface area contributed by atoms with Gasteiger partial charge < -0.3 is 5.11 Å². The standard InChI is InChI=1S/C15H24O.C10H10/c1-2-3-4-5-6-7-8-11-14-12-9-10-13-15(14)16;1-3-9-7-5-6-8-10(9)4-2/h9-10,12-13,16H,2-8,11H2,1H3;3-8H,1-2H2. The molecule has 0 aromatic heterocycles. The lowest BCUT2D eigenvalue weighted by molar-refractivity contribution is 0.466. The van der Waals surface area contributed by atoms with Crippen LogP contribution in [0, 0.1) is 0 Å². The fourth-order valence-electron chi connectivity index (χ4n) is 2.88. The van der Waals surface area contributed by atoms with E-state index in [-0.39, 0.29) is 0 Å². The average Bonchev–Trinajstić information content (AvgIpc) is 2.69. The Morgan fingerprint density at radius 2 is 1.23 bits per heavy atom. The second-order valence-corrected chi connectivity index (χ2v) is 6.54. The third kappa shape index (κ3) is 8.71. The van der Waals surface area contributed by atoms with Gasteiger partial charge in [-0.2, -0.15) is 0 Å². The van der Waals surface area contributed by atoms with Crippen LogP contribution in [0.4, 0.5) is 0 Å². The SMILES string of the molecule is C=Cc1ccccc1C=C.CCCCCCCCCc1ccccc1O. The predicted molar refractivity (Wildman–Crippen MR) is 116 cm³/mol. The summed E-state index contributed by atoms with van der Waals surface area (Å²) in [6.07, 6.45) is 13.9. The number of phenols is 1. The van der Waals surface area contributed by atoms with Gasteiger partial charge in [-0.05, 0) is 35.6 Å². The Kier molecular flexibility index (Phi) is 11.7. The van der Waals surface area contributed by atoms with Gasteiger partial charge in [0.2, 0.25) is 0 Å². The Hall–Kier alpha value is -2.28. The zero-order chi connectivity index (χ0) is 19.0. The maximum absolute atomic E-state index is 9.58. The normalized spacial score (nSPS) is 9.88. The number of hydrogen-bond acceptors (Lipinski definition) is 1. The van der Waals surface area contributed by atoms with Gasteiger partial charge in [-0.15, -0.1) is 0 Å². The summed E-state index contributed by atoms with van der Waals surface area (Å²) in [5, 5.41) is 9.58. The number of para-hydroxylation sites is 1. The summed E-state index contributed by atoms with van der Waals surface area (Å²) in [5.41, 5.74) is 3.37. The quantitative estimate of drug-likeness (QED) is 0.436. The molecule has 0 fully saturated rings. The number of unbranched alkanes of at least 4 members (excludes halogenated alkanes) is 6. The van der Waals surface area contributed by atoms with Crippen molar-refractivity contribution in [2.45, 2.75) is 58.3 Å². The van der Waals surface area contributed by atoms with E-state index in [0.717, 1.165) is 23.1 Å². The molecule has 1 nitrogen and oxygen atoms in total. The highest BCUT2D eigenvalue weighted by Gasteiger charge is 1.98. The number of benzene rings is 2. The van der Waals surface area contributed by atoms with Crippen LogP contribution < -0.4 is 0 Å². The maximum Gasteiger partial charge on any atom is 0.118 e. The summed E-state index contributed by atoms with van der Waals surface area (Å²) in [5.74, 6) is 0.452. The van der Waals surface area contributed by atoms with E-state index >= 15 is 0 Å². The van der Waals surface area contributed by atoms with Gasteiger partial charge in [-0.3, -0.25) is 0 Å². The molecule has 0 saturated heterocycles. The number of aryl methyl sites for hydroxylation is 1. The van der Waals surface area contributed by atoms with Crippen molar-refractivity contribution in [1.82, 2.24) is 0 Å². The maximum atomic E-state index is 9.58. The molecule has 0 aliphatic heterocycles. The van der Waals surface area contributed by atoms with Crippen molar-refractivity contribution in [2.75, 3.05) is 0 Å². The lowest BCUT2D eigenvalue weighted by Gasteiger charge is -2.04. The molecule has 2 aromatic carbocycles. The molecule has 0 aliphatic rings. The zero-order valence-electron chi connectivity index (χ0n) is 16.3. The van der Waals surface area contributed by atoms with E-state index < -0.39 is 0 Å². The van der Waals surface area contributed by atoms with E-state index in [2.05, 4.69) is 20.1 Å². The summed E-state index contributed by atoms with van der Waals surface area (Å²) in [6, 6.07) is 15.7. The van der Waals surface area contributed by atoms with Crippen LogP contribution in [-0.2, 0) is 6.42 Å². The van der Waals surface area contributed by atoms with Crippen LogP contribution in [0.25, 0.3) is 12.2 Å². The smallest absolute Gasteiger partial charge is 0.118 e. The Bertz CT molecular complexity index is 615. The average molecular weight is 351 g/mol. The van der Waals surface area contributed by atoms with Gasteiger partial charge >= 0.3 is 0 Å². The number of phenolic OH excluding ortho intramolecular Hbond substituents is 1. The molecule has 0 saturated carbocycles. The van der Waals surface area contributed by atoms with Gasteiger partial charge in [0.15, 0.2) is 0 Å². The predicted octanol–water partition coefficient (Wildman–Crippen LogP) is 7.66. The Morgan fingerprint density at radius 1 is 0.731 bits per heavy atom. The van der Waals surface area contributed by atoms with Gasteiger partial charge in [-0.25, -0.2) is 0 Å². The molecule has 1 N–H and O–H groups in total. The molecule has 0 atom stereocenters. The second-order valence-electron chi connectivity index (χ2n) is 6.54. The van der Waals surface area contributed by atoms with E-state index in [0.29, 0.717) is 5.75 Å². The summed E-state index contributed by atoms with van der Waals surface area (Å²) < 4.78 is 0. The van der Waals surface area contributed by atoms with Gasteiger partial charge in [0.1, 0.15) is 5.75 Å². The van der Waals surface area contributed by atoms with E-state index in [1.807, 2.05) is 54.6 Å². The fraction of sp³-hybridized carbons (Fsp3) is 0.360. The minimum Gasteiger partial charge on any atom is -0.508 e. The van der Waals surface area contributed by atoms with Crippen LogP contribution in [0.5, 0.6) is 5.75 Å². The molecule has 0 spiro atoms. The topological polar surface area (TPSA) is 20.2 Å². The van der Waals surface area contributed by atoms with Gasteiger partial charge in [0.05, 0.1) is 0 Å². The zero-order valence-corrected chi connectivity index (χ0v) is 16.3. The first-order valence-corrected chi connectivity index (χ1v) is 9.83. The van der Waals surface area contributed by atoms with Crippen LogP contribution in [-0.4, -0.2) is 5.11 Å². The Balaban J connectivity index is 0.000000289. The summed E-state index contributed by atoms with van der Waals surface area (Å²) in [6.45, 7) is 9.63. The fourth-order valence-corrected chi connectivity index (χ4v) is 2.88. The van der Waals surface area contributed by atoms with E-state index in [1.54, 1.807) is 6.07 Å². The van der Waals surface area contributed by atoms with Crippen molar-refractivity contribution < 1.29 is 5.11 Å². The summed E-state index contributed by atoms with van der Waals surface area (Å²) >= 11 is 0. The third-order valence-electron chi connectivity index (χ3n) is 4.48. The molecule has 0 aliphatic carbocycles. The monoisotopic (exact) mass is 350 g/mol. The highest BCUT2D eigenvalue weighted by Crippen LogP contribution is 2.18. The van der Waals surface area contributed by atoms with Crippen molar-refractivity contribution in [3.05, 3.63) is 78.4 Å². The molecule has 2 rings (SSSR count). The number of aromatic hydroxyl groups is 1. The molecule has 0 radical (unpaired) electrons. The highest BCUT2D eigenvalue weighted by atomic mass is 16.3. The van der Waals surface area contributed by atoms with Crippen molar-refractivity contribution in [3.63, 3.8) is 0 Å². The second kappa shape index (κ2) is 13.9. The van der Waals surface area contributed by atoms with Gasteiger partial charge in [-0.1, -0.05) is 113 Å². The molecule has 0 amide bonds. The van der Waals surface area contributed by atoms with Crippen molar-refractivity contribution >= 4 is 12.2 Å². The highest BCUT2D eigenvalue weighted by molar-refractivity contribution is 5.63. The number of hydrogen-bond donors (Lipinski definition) is 1. The minimum atomic E-state index is 0.452. The largest absolute Gasteiger partial charge is 0.508 e. The lowest BCUT2D eigenvalue weighted by Crippen LogP contribution is -1.87. The van der Waals surface area contributed by atoms with E-state index in [1.165, 1.54) is 44.9 Å². The van der Waals surface area contributed by atoms with Gasteiger partial charge in [0.25, 0.3) is 0 Å². The van der Waals surface area contributed by atoms with Crippen LogP contribution in [0.2, 0.25) is 0 Å². The molecule has 1 heteroatoms. The van der Waals surface area contributed by atoms with Crippen molar-refractivity contribution in [1.29, 1.82) is 0 Å². The van der Waals surface area contributed by atoms with E-state index in [4.69, 9.17) is 0 Å². The first-order valence-electron chi connectivity index (χ1n) is 9.83. The summed E-state index contributed by atoms with van der Waals surface area (Å²) in [7, 11) is 0. The molecule has 2 aromatic rings. The van der Waals surface area contributed by atoms with Crippen molar-refractivity contribution in [2.24, 2.45) is 0 Å². The van der Waals surface area contributed by atoms with Crippen LogP contribution in [0.15, 0.2) is 61.7 Å². The first-order chi connectivity index (χ1) is 12.7. The Morgan fingerprint density at radius 3 is 1.77 bits per heavy atom. The number of rotatable bonds is 10. The molecule has 26 heavy (non-hydrogen) atoms. The molecule has 0 heterocycles. The van der Waals surface area contributed by atoms with Crippen LogP contribution in [0.3, 0.4) is 0 Å². The minimum absolute atomic E-state index is 0.452. The van der Waals surface area contributed by atoms with Crippen LogP contribution in [0.1, 0.15) is 68.6 Å².